The summed E-state index contributed by atoms with van der Waals surface area (Å²) in [7, 11) is -1.99. The van der Waals surface area contributed by atoms with Crippen LogP contribution in [0.2, 0.25) is 0 Å². The molecule has 28 heavy (non-hydrogen) atoms. The molecule has 1 heterocycles. The summed E-state index contributed by atoms with van der Waals surface area (Å²) in [5, 5.41) is 1.90. The Morgan fingerprint density at radius 2 is 1.82 bits per heavy atom. The highest BCUT2D eigenvalue weighted by Crippen LogP contribution is 2.16. The van der Waals surface area contributed by atoms with Crippen LogP contribution in [0.1, 0.15) is 26.4 Å². The van der Waals surface area contributed by atoms with E-state index in [9.17, 15) is 13.2 Å². The van der Waals surface area contributed by atoms with Gasteiger partial charge in [-0.3, -0.25) is 4.79 Å². The molecular formula is C21H22N2O3S2. The van der Waals surface area contributed by atoms with Crippen LogP contribution in [0.5, 0.6) is 0 Å². The Morgan fingerprint density at radius 3 is 2.50 bits per heavy atom. The molecule has 0 aliphatic carbocycles. The largest absolute Gasteiger partial charge is 0.337 e. The van der Waals surface area contributed by atoms with E-state index in [-0.39, 0.29) is 17.3 Å². The molecule has 3 rings (SSSR count). The molecule has 0 bridgehead atoms. The maximum absolute atomic E-state index is 12.8. The van der Waals surface area contributed by atoms with Gasteiger partial charge in [0, 0.05) is 30.6 Å². The van der Waals surface area contributed by atoms with E-state index in [4.69, 9.17) is 0 Å². The van der Waals surface area contributed by atoms with Gasteiger partial charge in [0.05, 0.1) is 4.90 Å². The lowest BCUT2D eigenvalue weighted by Gasteiger charge is -2.18. The highest BCUT2D eigenvalue weighted by Gasteiger charge is 2.18. The summed E-state index contributed by atoms with van der Waals surface area (Å²) in [5.41, 5.74) is 2.52. The number of aryl methyl sites for hydroxylation is 1. The van der Waals surface area contributed by atoms with Crippen molar-refractivity contribution in [3.63, 3.8) is 0 Å². The molecule has 0 unspecified atom stereocenters. The Kier molecular flexibility index (Phi) is 6.28. The van der Waals surface area contributed by atoms with Crippen molar-refractivity contribution in [1.29, 1.82) is 0 Å². The second-order valence-corrected chi connectivity index (χ2v) is 9.38. The van der Waals surface area contributed by atoms with Gasteiger partial charge in [0.15, 0.2) is 0 Å². The minimum absolute atomic E-state index is 0.0821. The molecule has 2 aromatic carbocycles. The highest BCUT2D eigenvalue weighted by atomic mass is 32.2. The zero-order valence-corrected chi connectivity index (χ0v) is 17.4. The average Bonchev–Trinajstić information content (AvgIpc) is 3.21. The molecule has 1 N–H and O–H groups in total. The Labute approximate surface area is 169 Å². The van der Waals surface area contributed by atoms with E-state index in [1.165, 1.54) is 23.5 Å². The lowest BCUT2D eigenvalue weighted by molar-refractivity contribution is 0.0785. The smallest absolute Gasteiger partial charge is 0.253 e. The molecular weight excluding hydrogens is 392 g/mol. The standard InChI is InChI=1S/C21H22N2O3S2/c1-16-8-10-17(11-9-16)15-23(2)21(24)18-5-3-7-20(13-18)28(25,26)22-14-19-6-4-12-27-19/h3-13,22H,14-15H2,1-2H3. The van der Waals surface area contributed by atoms with Crippen molar-refractivity contribution in [3.05, 3.63) is 87.6 Å². The van der Waals surface area contributed by atoms with Crippen LogP contribution in [0, 0.1) is 6.92 Å². The summed E-state index contributed by atoms with van der Waals surface area (Å²) in [6, 6.07) is 17.8. The summed E-state index contributed by atoms with van der Waals surface area (Å²) in [4.78, 5) is 15.3. The van der Waals surface area contributed by atoms with Gasteiger partial charge in [-0.1, -0.05) is 42.0 Å². The monoisotopic (exact) mass is 414 g/mol. The average molecular weight is 415 g/mol. The van der Waals surface area contributed by atoms with Crippen LogP contribution < -0.4 is 4.72 Å². The van der Waals surface area contributed by atoms with Crippen molar-refractivity contribution >= 4 is 27.3 Å². The molecule has 7 heteroatoms. The van der Waals surface area contributed by atoms with E-state index in [1.807, 2.05) is 48.7 Å². The first-order valence-electron chi connectivity index (χ1n) is 8.78. The summed E-state index contributed by atoms with van der Waals surface area (Å²) in [6.07, 6.45) is 0. The maximum atomic E-state index is 12.8. The number of hydrogen-bond acceptors (Lipinski definition) is 4. The minimum Gasteiger partial charge on any atom is -0.337 e. The van der Waals surface area contributed by atoms with Gasteiger partial charge in [-0.05, 0) is 42.1 Å². The number of nitrogens with zero attached hydrogens (tertiary/aromatic N) is 1. The fourth-order valence-electron chi connectivity index (χ4n) is 2.72. The van der Waals surface area contributed by atoms with Gasteiger partial charge in [-0.2, -0.15) is 0 Å². The Hall–Kier alpha value is -2.48. The molecule has 1 aromatic heterocycles. The molecule has 1 amide bonds. The number of sulfonamides is 1. The first-order chi connectivity index (χ1) is 13.3. The van der Waals surface area contributed by atoms with Crippen molar-refractivity contribution < 1.29 is 13.2 Å². The normalized spacial score (nSPS) is 11.4. The summed E-state index contributed by atoms with van der Waals surface area (Å²) in [5.74, 6) is -0.226. The molecule has 0 spiro atoms. The van der Waals surface area contributed by atoms with E-state index >= 15 is 0 Å². The van der Waals surface area contributed by atoms with E-state index in [0.717, 1.165) is 16.0 Å². The molecule has 0 radical (unpaired) electrons. The molecule has 0 aliphatic rings. The molecule has 0 aliphatic heterocycles. The topological polar surface area (TPSA) is 66.5 Å². The Bertz CT molecular complexity index is 1040. The number of thiophene rings is 1. The summed E-state index contributed by atoms with van der Waals surface area (Å²) >= 11 is 1.48. The summed E-state index contributed by atoms with van der Waals surface area (Å²) < 4.78 is 27.7. The van der Waals surface area contributed by atoms with Crippen molar-refractivity contribution in [3.8, 4) is 0 Å². The van der Waals surface area contributed by atoms with E-state index < -0.39 is 10.0 Å². The first kappa shape index (κ1) is 20.3. The molecule has 0 saturated carbocycles. The maximum Gasteiger partial charge on any atom is 0.253 e. The number of nitrogens with one attached hydrogen (secondary N) is 1. The quantitative estimate of drug-likeness (QED) is 0.639. The van der Waals surface area contributed by atoms with Crippen molar-refractivity contribution in [2.75, 3.05) is 7.05 Å². The number of rotatable bonds is 7. The van der Waals surface area contributed by atoms with Crippen molar-refractivity contribution in [2.24, 2.45) is 0 Å². The SMILES string of the molecule is Cc1ccc(CN(C)C(=O)c2cccc(S(=O)(=O)NCc3cccs3)c2)cc1. The third-order valence-electron chi connectivity index (χ3n) is 4.29. The number of amides is 1. The second-order valence-electron chi connectivity index (χ2n) is 6.58. The zero-order valence-electron chi connectivity index (χ0n) is 15.8. The van der Waals surface area contributed by atoms with Crippen LogP contribution in [0.15, 0.2) is 70.9 Å². The Morgan fingerprint density at radius 1 is 1.07 bits per heavy atom. The van der Waals surface area contributed by atoms with Gasteiger partial charge in [0.1, 0.15) is 0 Å². The van der Waals surface area contributed by atoms with E-state index in [1.54, 1.807) is 24.1 Å². The van der Waals surface area contributed by atoms with Crippen LogP contribution in [0.25, 0.3) is 0 Å². The fourth-order valence-corrected chi connectivity index (χ4v) is 4.51. The lowest BCUT2D eigenvalue weighted by Crippen LogP contribution is -2.27. The number of benzene rings is 2. The second kappa shape index (κ2) is 8.68. The molecule has 5 nitrogen and oxygen atoms in total. The van der Waals surface area contributed by atoms with Gasteiger partial charge in [0.2, 0.25) is 10.0 Å². The zero-order chi connectivity index (χ0) is 20.1. The predicted molar refractivity (Wildman–Crippen MR) is 112 cm³/mol. The van der Waals surface area contributed by atoms with Gasteiger partial charge < -0.3 is 4.90 Å². The molecule has 0 fully saturated rings. The number of carbonyl (C=O) groups excluding carboxylic acids is 1. The van der Waals surface area contributed by atoms with Crippen molar-refractivity contribution in [2.45, 2.75) is 24.9 Å². The van der Waals surface area contributed by atoms with Crippen LogP contribution in [0.3, 0.4) is 0 Å². The fraction of sp³-hybridized carbons (Fsp3) is 0.190. The van der Waals surface area contributed by atoms with Gasteiger partial charge in [-0.25, -0.2) is 13.1 Å². The predicted octanol–water partition coefficient (Wildman–Crippen LogP) is 3.81. The first-order valence-corrected chi connectivity index (χ1v) is 11.1. The third-order valence-corrected chi connectivity index (χ3v) is 6.57. The van der Waals surface area contributed by atoms with Crippen LogP contribution in [-0.2, 0) is 23.1 Å². The number of carbonyl (C=O) groups is 1. The van der Waals surface area contributed by atoms with E-state index in [2.05, 4.69) is 4.72 Å². The van der Waals surface area contributed by atoms with Gasteiger partial charge >= 0.3 is 0 Å². The molecule has 146 valence electrons. The third kappa shape index (κ3) is 5.07. The summed E-state index contributed by atoms with van der Waals surface area (Å²) in [6.45, 7) is 2.69. The molecule has 0 atom stereocenters. The highest BCUT2D eigenvalue weighted by molar-refractivity contribution is 7.89. The Balaban J connectivity index is 1.72. The molecule has 3 aromatic rings. The van der Waals surface area contributed by atoms with Crippen molar-refractivity contribution in [1.82, 2.24) is 9.62 Å². The number of hydrogen-bond donors (Lipinski definition) is 1. The van der Waals surface area contributed by atoms with E-state index in [0.29, 0.717) is 12.1 Å². The minimum atomic E-state index is -3.70. The van der Waals surface area contributed by atoms with Gasteiger partial charge in [0.25, 0.3) is 5.91 Å². The molecule has 0 saturated heterocycles. The van der Waals surface area contributed by atoms with Crippen LogP contribution in [0.4, 0.5) is 0 Å². The van der Waals surface area contributed by atoms with Gasteiger partial charge in [-0.15, -0.1) is 11.3 Å². The van der Waals surface area contributed by atoms with Crippen LogP contribution in [-0.4, -0.2) is 26.3 Å². The van der Waals surface area contributed by atoms with Crippen LogP contribution >= 0.6 is 11.3 Å². The lowest BCUT2D eigenvalue weighted by atomic mass is 10.1.